The molecule has 0 fully saturated rings. The zero-order chi connectivity index (χ0) is 27.7. The van der Waals surface area contributed by atoms with Crippen molar-refractivity contribution >= 4 is 16.0 Å². The molecule has 40 heavy (non-hydrogen) atoms. The van der Waals surface area contributed by atoms with Crippen molar-refractivity contribution in [2.75, 3.05) is 0 Å². The molecule has 2 heterocycles. The Morgan fingerprint density at radius 1 is 0.900 bits per heavy atom. The van der Waals surface area contributed by atoms with Gasteiger partial charge in [0.1, 0.15) is 6.61 Å². The van der Waals surface area contributed by atoms with Crippen LogP contribution in [0.3, 0.4) is 0 Å². The summed E-state index contributed by atoms with van der Waals surface area (Å²) in [5, 5.41) is 0. The number of ether oxygens (including phenoxy) is 2. The molecule has 202 valence electrons. The first-order chi connectivity index (χ1) is 19.4. The van der Waals surface area contributed by atoms with Crippen molar-refractivity contribution in [2.45, 2.75) is 43.0 Å². The molecule has 0 unspecified atom stereocenters. The van der Waals surface area contributed by atoms with Crippen molar-refractivity contribution in [2.24, 2.45) is 0 Å². The van der Waals surface area contributed by atoms with Gasteiger partial charge in [0.15, 0.2) is 0 Å². The molecule has 0 radical (unpaired) electrons. The van der Waals surface area contributed by atoms with E-state index in [0.717, 1.165) is 27.8 Å². The number of carbonyl (C=O) groups is 1. The Morgan fingerprint density at radius 2 is 1.55 bits per heavy atom. The van der Waals surface area contributed by atoms with E-state index in [4.69, 9.17) is 9.47 Å². The average molecular weight is 552 g/mol. The Morgan fingerprint density at radius 3 is 2.27 bits per heavy atom. The molecule has 0 saturated carbocycles. The number of benzene rings is 4. The second kappa shape index (κ2) is 10.4. The van der Waals surface area contributed by atoms with Gasteiger partial charge in [0.25, 0.3) is 0 Å². The van der Waals surface area contributed by atoms with E-state index in [9.17, 15) is 13.2 Å². The van der Waals surface area contributed by atoms with E-state index in [1.165, 1.54) is 4.31 Å². The maximum atomic E-state index is 14.2. The minimum atomic E-state index is -4.01. The number of allylic oxidation sites excluding steroid dienone is 1. The minimum absolute atomic E-state index is 0.00292. The summed E-state index contributed by atoms with van der Waals surface area (Å²) >= 11 is 0. The Balaban J connectivity index is 1.45. The van der Waals surface area contributed by atoms with Gasteiger partial charge in [-0.2, -0.15) is 0 Å². The number of fused-ring (bicyclic) bond motifs is 2. The molecular weight excluding hydrogens is 522 g/mol. The summed E-state index contributed by atoms with van der Waals surface area (Å²) in [4.78, 5) is 13.7. The largest absolute Gasteiger partial charge is 0.460 e. The van der Waals surface area contributed by atoms with Crippen LogP contribution in [0.2, 0.25) is 0 Å². The Labute approximate surface area is 234 Å². The van der Waals surface area contributed by atoms with Crippen LogP contribution in [0.4, 0.5) is 0 Å². The predicted octanol–water partition coefficient (Wildman–Crippen LogP) is 6.18. The first kappa shape index (κ1) is 26.0. The normalized spacial score (nSPS) is 20.4. The van der Waals surface area contributed by atoms with Crippen molar-refractivity contribution in [3.05, 3.63) is 149 Å². The van der Waals surface area contributed by atoms with Gasteiger partial charge in [-0.15, -0.1) is 4.31 Å². The number of nitrogens with zero attached hydrogens (tertiary/aromatic N) is 1. The minimum Gasteiger partial charge on any atom is -0.460 e. The smallest absolute Gasteiger partial charge is 0.373 e. The van der Waals surface area contributed by atoms with Gasteiger partial charge in [-0.3, -0.25) is 0 Å². The third-order valence-electron chi connectivity index (χ3n) is 7.53. The molecule has 6 nitrogen and oxygen atoms in total. The molecule has 0 amide bonds. The lowest BCUT2D eigenvalue weighted by Crippen LogP contribution is -2.49. The molecule has 0 aliphatic carbocycles. The third kappa shape index (κ3) is 4.72. The summed E-state index contributed by atoms with van der Waals surface area (Å²) < 4.78 is 42.1. The van der Waals surface area contributed by atoms with Crippen molar-refractivity contribution < 1.29 is 22.7 Å². The highest BCUT2D eigenvalue weighted by molar-refractivity contribution is 7.89. The number of hydrogen-bond acceptors (Lipinski definition) is 5. The van der Waals surface area contributed by atoms with E-state index in [0.29, 0.717) is 6.42 Å². The molecule has 4 aromatic carbocycles. The van der Waals surface area contributed by atoms with Crippen molar-refractivity contribution in [3.63, 3.8) is 0 Å². The molecule has 2 atom stereocenters. The van der Waals surface area contributed by atoms with Crippen LogP contribution < -0.4 is 0 Å². The summed E-state index contributed by atoms with van der Waals surface area (Å²) in [5.41, 5.74) is 2.89. The van der Waals surface area contributed by atoms with Crippen LogP contribution in [0.5, 0.6) is 0 Å². The van der Waals surface area contributed by atoms with Gasteiger partial charge in [0, 0.05) is 24.4 Å². The molecule has 0 bridgehead atoms. The van der Waals surface area contributed by atoms with Crippen LogP contribution in [-0.2, 0) is 43.2 Å². The van der Waals surface area contributed by atoms with E-state index in [1.807, 2.05) is 91.9 Å². The van der Waals surface area contributed by atoms with Crippen LogP contribution in [0.25, 0.3) is 0 Å². The third-order valence-corrected chi connectivity index (χ3v) is 9.41. The lowest BCUT2D eigenvalue weighted by atomic mass is 9.84. The second-order valence-corrected chi connectivity index (χ2v) is 12.0. The molecule has 6 rings (SSSR count). The number of rotatable bonds is 6. The van der Waals surface area contributed by atoms with Crippen molar-refractivity contribution in [1.82, 2.24) is 4.31 Å². The molecule has 2 aliphatic rings. The number of sulfonamides is 1. The van der Waals surface area contributed by atoms with Gasteiger partial charge in [0.2, 0.25) is 21.5 Å². The van der Waals surface area contributed by atoms with Crippen molar-refractivity contribution in [3.8, 4) is 0 Å². The van der Waals surface area contributed by atoms with E-state index in [1.54, 1.807) is 30.3 Å². The molecule has 1 spiro atoms. The first-order valence-corrected chi connectivity index (χ1v) is 14.7. The number of esters is 1. The molecule has 0 aromatic heterocycles. The fourth-order valence-electron chi connectivity index (χ4n) is 5.51. The Kier molecular flexibility index (Phi) is 6.78. The molecule has 0 saturated heterocycles. The number of hydrogen-bond donors (Lipinski definition) is 0. The molecule has 0 N–H and O–H groups in total. The molecular formula is C33H29NO5S. The van der Waals surface area contributed by atoms with Crippen LogP contribution in [-0.4, -0.2) is 18.7 Å². The van der Waals surface area contributed by atoms with Crippen LogP contribution >= 0.6 is 0 Å². The van der Waals surface area contributed by atoms with Gasteiger partial charge in [-0.25, -0.2) is 13.2 Å². The maximum Gasteiger partial charge on any atom is 0.373 e. The summed E-state index contributed by atoms with van der Waals surface area (Å²) in [6.07, 6.45) is 2.06. The summed E-state index contributed by atoms with van der Waals surface area (Å²) in [6, 6.07) is 33.5. The summed E-state index contributed by atoms with van der Waals surface area (Å²) in [5.74, 6) is -0.936. The van der Waals surface area contributed by atoms with Gasteiger partial charge in [0.05, 0.1) is 4.90 Å². The van der Waals surface area contributed by atoms with Gasteiger partial charge in [-0.05, 0) is 41.8 Å². The maximum absolute atomic E-state index is 14.2. The average Bonchev–Trinajstić information content (AvgIpc) is 3.30. The van der Waals surface area contributed by atoms with Gasteiger partial charge in [-0.1, -0.05) is 103 Å². The SMILES string of the molecule is Cc1ccc(S(=O)(=O)N2Cc3ccccc3[C@@]23C[C@@H](c2ccccc2)C=C(C(=O)OCc2ccccc2)O3)cc1. The Hall–Kier alpha value is -4.20. The zero-order valence-electron chi connectivity index (χ0n) is 22.1. The van der Waals surface area contributed by atoms with Crippen molar-refractivity contribution in [1.29, 1.82) is 0 Å². The van der Waals surface area contributed by atoms with E-state index >= 15 is 0 Å². The quantitative estimate of drug-likeness (QED) is 0.268. The standard InChI is InChI=1S/C33H29NO5S/c1-24-16-18-29(19-17-24)40(36,37)34-22-27-14-8-9-15-30(27)33(34)21-28(26-12-6-3-7-13-26)20-31(39-33)32(35)38-23-25-10-4-2-5-11-25/h2-20,28H,21-23H2,1H3/t28-,33-/m0/s1. The fourth-order valence-corrected chi connectivity index (χ4v) is 7.15. The molecule has 2 aliphatic heterocycles. The summed E-state index contributed by atoms with van der Waals surface area (Å²) in [7, 11) is -4.01. The van der Waals surface area contributed by atoms with Crippen LogP contribution in [0.1, 0.15) is 40.2 Å². The number of carbonyl (C=O) groups excluding carboxylic acids is 1. The Bertz CT molecular complexity index is 1670. The summed E-state index contributed by atoms with van der Waals surface area (Å²) in [6.45, 7) is 2.11. The lowest BCUT2D eigenvalue weighted by molar-refractivity contribution is -0.158. The predicted molar refractivity (Wildman–Crippen MR) is 151 cm³/mol. The highest BCUT2D eigenvalue weighted by Gasteiger charge is 2.56. The van der Waals surface area contributed by atoms with E-state index < -0.39 is 21.7 Å². The van der Waals surface area contributed by atoms with Crippen LogP contribution in [0.15, 0.2) is 126 Å². The van der Waals surface area contributed by atoms with E-state index in [2.05, 4.69) is 0 Å². The van der Waals surface area contributed by atoms with Gasteiger partial charge < -0.3 is 9.47 Å². The first-order valence-electron chi connectivity index (χ1n) is 13.2. The van der Waals surface area contributed by atoms with E-state index in [-0.39, 0.29) is 29.7 Å². The fraction of sp³-hybridized carbons (Fsp3) is 0.182. The highest BCUT2D eigenvalue weighted by atomic mass is 32.2. The number of aryl methyl sites for hydroxylation is 1. The lowest BCUT2D eigenvalue weighted by Gasteiger charge is -2.43. The highest BCUT2D eigenvalue weighted by Crippen LogP contribution is 2.52. The molecule has 4 aromatic rings. The zero-order valence-corrected chi connectivity index (χ0v) is 22.9. The molecule has 7 heteroatoms. The topological polar surface area (TPSA) is 72.9 Å². The van der Waals surface area contributed by atoms with Crippen LogP contribution in [0, 0.1) is 6.92 Å². The van der Waals surface area contributed by atoms with Gasteiger partial charge >= 0.3 is 5.97 Å². The monoisotopic (exact) mass is 551 g/mol. The second-order valence-electron chi connectivity index (χ2n) is 10.2.